The fraction of sp³-hybridized carbons (Fsp3) is 0.0930. The normalized spacial score (nSPS) is 11.6. The number of phenols is 1. The van der Waals surface area contributed by atoms with Gasteiger partial charge in [0.15, 0.2) is 0 Å². The Morgan fingerprint density at radius 2 is 0.956 bits per heavy atom. The number of benzene rings is 7. The molecule has 1 N–H and O–H groups in total. The van der Waals surface area contributed by atoms with Crippen molar-refractivity contribution < 1.29 is 5.11 Å². The van der Waals surface area contributed by atoms with Crippen molar-refractivity contribution in [3.8, 4) is 39.1 Å². The van der Waals surface area contributed by atoms with Crippen LogP contribution in [0, 0.1) is 27.7 Å². The largest absolute Gasteiger partial charge is 0.507 e. The third-order valence-corrected chi connectivity index (χ3v) is 8.54. The van der Waals surface area contributed by atoms with Crippen LogP contribution in [0.1, 0.15) is 27.8 Å². The molecule has 2 heteroatoms. The summed E-state index contributed by atoms with van der Waals surface area (Å²) in [6, 6.07) is 44.6. The van der Waals surface area contributed by atoms with Crippen LogP contribution in [0.2, 0.25) is 0 Å². The van der Waals surface area contributed by atoms with Gasteiger partial charge in [0.05, 0.1) is 5.69 Å². The van der Waals surface area contributed by atoms with Crippen molar-refractivity contribution in [2.45, 2.75) is 27.7 Å². The molecular formula is C43H35NO. The van der Waals surface area contributed by atoms with Gasteiger partial charge in [0.1, 0.15) is 5.75 Å². The van der Waals surface area contributed by atoms with Crippen LogP contribution in [0.3, 0.4) is 0 Å². The van der Waals surface area contributed by atoms with Gasteiger partial charge >= 0.3 is 0 Å². The van der Waals surface area contributed by atoms with Gasteiger partial charge in [-0.1, -0.05) is 138 Å². The van der Waals surface area contributed by atoms with Crippen molar-refractivity contribution in [2.24, 2.45) is 4.99 Å². The minimum atomic E-state index is 0.222. The maximum Gasteiger partial charge on any atom is 0.132 e. The first kappa shape index (κ1) is 28.3. The van der Waals surface area contributed by atoms with Crippen molar-refractivity contribution in [1.29, 1.82) is 0 Å². The highest BCUT2D eigenvalue weighted by Crippen LogP contribution is 2.43. The fourth-order valence-corrected chi connectivity index (χ4v) is 6.71. The molecule has 0 atom stereocenters. The number of rotatable bonds is 5. The van der Waals surface area contributed by atoms with E-state index in [0.29, 0.717) is 5.56 Å². The molecule has 0 heterocycles. The number of fused-ring (bicyclic) bond motifs is 2. The summed E-state index contributed by atoms with van der Waals surface area (Å²) in [5.74, 6) is 0.222. The van der Waals surface area contributed by atoms with E-state index in [1.165, 1.54) is 22.3 Å². The zero-order chi connectivity index (χ0) is 31.1. The molecule has 0 saturated heterocycles. The summed E-state index contributed by atoms with van der Waals surface area (Å²) in [5, 5.41) is 16.4. The van der Waals surface area contributed by atoms with E-state index in [4.69, 9.17) is 4.99 Å². The Labute approximate surface area is 265 Å². The SMILES string of the molecule is Cc1cc(C)cc(-c2cccc(-c3cc(C)cc(C)c3)c2N=Cc2cccc(-c3c4ccccc4cc4ccccc34)c2O)c1. The zero-order valence-corrected chi connectivity index (χ0v) is 26.1. The average Bonchev–Trinajstić information content (AvgIpc) is 3.02. The molecule has 0 aliphatic carbocycles. The van der Waals surface area contributed by atoms with Gasteiger partial charge in [-0.3, -0.25) is 4.99 Å². The summed E-state index contributed by atoms with van der Waals surface area (Å²) in [6.45, 7) is 8.53. The smallest absolute Gasteiger partial charge is 0.132 e. The highest BCUT2D eigenvalue weighted by atomic mass is 16.3. The van der Waals surface area contributed by atoms with Crippen LogP contribution in [0.5, 0.6) is 5.75 Å². The van der Waals surface area contributed by atoms with E-state index < -0.39 is 0 Å². The number of para-hydroxylation sites is 2. The summed E-state index contributed by atoms with van der Waals surface area (Å²) >= 11 is 0. The number of aliphatic imine (C=N–C) groups is 1. The van der Waals surface area contributed by atoms with Crippen LogP contribution < -0.4 is 0 Å². The topological polar surface area (TPSA) is 32.6 Å². The molecule has 7 aromatic rings. The third-order valence-electron chi connectivity index (χ3n) is 8.54. The van der Waals surface area contributed by atoms with E-state index in [2.05, 4.69) is 137 Å². The molecule has 0 bridgehead atoms. The zero-order valence-electron chi connectivity index (χ0n) is 26.1. The fourth-order valence-electron chi connectivity index (χ4n) is 6.71. The van der Waals surface area contributed by atoms with Gasteiger partial charge in [-0.05, 0) is 72.5 Å². The van der Waals surface area contributed by atoms with E-state index in [1.807, 2.05) is 24.4 Å². The van der Waals surface area contributed by atoms with Crippen LogP contribution >= 0.6 is 0 Å². The molecular weight excluding hydrogens is 546 g/mol. The van der Waals surface area contributed by atoms with Gasteiger partial charge in [0, 0.05) is 34.0 Å². The first-order valence-electron chi connectivity index (χ1n) is 15.4. The first-order chi connectivity index (χ1) is 21.9. The van der Waals surface area contributed by atoms with Crippen LogP contribution in [-0.4, -0.2) is 11.3 Å². The number of phenolic OH excluding ortho intramolecular Hbond substituents is 1. The number of hydrogen-bond acceptors (Lipinski definition) is 2. The Balaban J connectivity index is 1.43. The highest BCUT2D eigenvalue weighted by molar-refractivity contribution is 6.14. The number of nitrogens with zero attached hydrogens (tertiary/aromatic N) is 1. The summed E-state index contributed by atoms with van der Waals surface area (Å²) in [5.41, 5.74) is 12.6. The quantitative estimate of drug-likeness (QED) is 0.159. The molecule has 0 aliphatic rings. The van der Waals surface area contributed by atoms with Crippen LogP contribution in [-0.2, 0) is 0 Å². The lowest BCUT2D eigenvalue weighted by atomic mass is 9.91. The van der Waals surface area contributed by atoms with Gasteiger partial charge in [-0.2, -0.15) is 0 Å². The number of aryl methyl sites for hydroxylation is 4. The van der Waals surface area contributed by atoms with Crippen molar-refractivity contribution in [1.82, 2.24) is 0 Å². The molecule has 218 valence electrons. The van der Waals surface area contributed by atoms with Crippen LogP contribution in [0.25, 0.3) is 54.9 Å². The Bertz CT molecular complexity index is 2110. The molecule has 0 radical (unpaired) electrons. The molecule has 0 fully saturated rings. The predicted octanol–water partition coefficient (Wildman–Crippen LogP) is 11.7. The predicted molar refractivity (Wildman–Crippen MR) is 192 cm³/mol. The van der Waals surface area contributed by atoms with Gasteiger partial charge < -0.3 is 5.11 Å². The maximum atomic E-state index is 11.9. The van der Waals surface area contributed by atoms with Crippen molar-refractivity contribution >= 4 is 33.4 Å². The summed E-state index contributed by atoms with van der Waals surface area (Å²) in [7, 11) is 0. The van der Waals surface area contributed by atoms with Crippen LogP contribution in [0.4, 0.5) is 5.69 Å². The summed E-state index contributed by atoms with van der Waals surface area (Å²) < 4.78 is 0. The van der Waals surface area contributed by atoms with E-state index in [0.717, 1.165) is 60.6 Å². The van der Waals surface area contributed by atoms with Crippen molar-refractivity contribution in [3.63, 3.8) is 0 Å². The molecule has 45 heavy (non-hydrogen) atoms. The number of aromatic hydroxyl groups is 1. The lowest BCUT2D eigenvalue weighted by molar-refractivity contribution is 0.476. The molecule has 0 unspecified atom stereocenters. The molecule has 0 amide bonds. The molecule has 7 aromatic carbocycles. The first-order valence-corrected chi connectivity index (χ1v) is 15.4. The monoisotopic (exact) mass is 581 g/mol. The lowest BCUT2D eigenvalue weighted by Crippen LogP contribution is -1.91. The van der Waals surface area contributed by atoms with E-state index >= 15 is 0 Å². The second-order valence-corrected chi connectivity index (χ2v) is 12.1. The molecule has 2 nitrogen and oxygen atoms in total. The second kappa shape index (κ2) is 11.6. The van der Waals surface area contributed by atoms with Gasteiger partial charge in [0.2, 0.25) is 0 Å². The number of hydrogen-bond donors (Lipinski definition) is 1. The van der Waals surface area contributed by atoms with Crippen molar-refractivity contribution in [2.75, 3.05) is 0 Å². The van der Waals surface area contributed by atoms with Gasteiger partial charge in [0.25, 0.3) is 0 Å². The summed E-state index contributed by atoms with van der Waals surface area (Å²) in [4.78, 5) is 5.18. The second-order valence-electron chi connectivity index (χ2n) is 12.1. The Morgan fingerprint density at radius 1 is 0.489 bits per heavy atom. The third kappa shape index (κ3) is 5.41. The molecule has 0 saturated carbocycles. The minimum Gasteiger partial charge on any atom is -0.507 e. The Hall–Kier alpha value is -5.47. The summed E-state index contributed by atoms with van der Waals surface area (Å²) in [6.07, 6.45) is 1.82. The molecule has 7 rings (SSSR count). The van der Waals surface area contributed by atoms with Crippen molar-refractivity contribution in [3.05, 3.63) is 155 Å². The highest BCUT2D eigenvalue weighted by Gasteiger charge is 2.16. The molecule has 0 spiro atoms. The van der Waals surface area contributed by atoms with Gasteiger partial charge in [-0.25, -0.2) is 0 Å². The van der Waals surface area contributed by atoms with Gasteiger partial charge in [-0.15, -0.1) is 0 Å². The van der Waals surface area contributed by atoms with Crippen LogP contribution in [0.15, 0.2) is 132 Å². The molecule has 0 aromatic heterocycles. The Kier molecular flexibility index (Phi) is 7.27. The lowest BCUT2D eigenvalue weighted by Gasteiger charge is -2.15. The average molecular weight is 582 g/mol. The minimum absolute atomic E-state index is 0.222. The van der Waals surface area contributed by atoms with E-state index in [9.17, 15) is 5.11 Å². The standard InChI is InChI=1S/C43H35NO/c1-27-19-28(2)22-34(21-27)38-16-10-17-39(35-23-29(3)20-30(4)24-35)42(38)44-26-33-13-9-18-40(43(33)45)41-36-14-7-5-11-31(36)25-32-12-6-8-15-37(32)41/h5-26,45H,1-4H3. The van der Waals surface area contributed by atoms with E-state index in [-0.39, 0.29) is 5.75 Å². The van der Waals surface area contributed by atoms with E-state index in [1.54, 1.807) is 0 Å². The molecule has 0 aliphatic heterocycles. The maximum absolute atomic E-state index is 11.9. The Morgan fingerprint density at radius 3 is 1.49 bits per heavy atom.